The summed E-state index contributed by atoms with van der Waals surface area (Å²) in [5, 5.41) is 2.41. The molecular formula is C26H35N5O4. The first-order valence-electron chi connectivity index (χ1n) is 11.5. The van der Waals surface area contributed by atoms with E-state index in [0.717, 1.165) is 19.2 Å². The second-order valence-electron chi connectivity index (χ2n) is 8.17. The van der Waals surface area contributed by atoms with Crippen LogP contribution in [0.25, 0.3) is 0 Å². The van der Waals surface area contributed by atoms with Gasteiger partial charge in [0.25, 0.3) is 5.91 Å². The second kappa shape index (κ2) is 13.9. The van der Waals surface area contributed by atoms with Crippen LogP contribution in [0.2, 0.25) is 0 Å². The SMILES string of the molecule is C1=CCN2C=CC=CC2=C1.COC(=O)[C@](CCCCN)(NC(=O)[C@@H](N)Cc1ccccc1)C(N)=O. The number of hydrogen-bond donors (Lipinski definition) is 4. The molecular weight excluding hydrogens is 446 g/mol. The summed E-state index contributed by atoms with van der Waals surface area (Å²) in [6.07, 6.45) is 15.9. The molecule has 1 aromatic carbocycles. The number of carbonyl (C=O) groups is 3. The van der Waals surface area contributed by atoms with E-state index in [9.17, 15) is 14.4 Å². The maximum atomic E-state index is 12.4. The van der Waals surface area contributed by atoms with Crippen LogP contribution in [0.1, 0.15) is 24.8 Å². The van der Waals surface area contributed by atoms with Crippen molar-refractivity contribution in [3.8, 4) is 0 Å². The molecule has 0 aromatic heterocycles. The zero-order valence-corrected chi connectivity index (χ0v) is 20.1. The Kier molecular flexibility index (Phi) is 10.9. The molecule has 7 N–H and O–H groups in total. The largest absolute Gasteiger partial charge is 0.467 e. The van der Waals surface area contributed by atoms with Crippen molar-refractivity contribution in [3.05, 3.63) is 84.2 Å². The van der Waals surface area contributed by atoms with Gasteiger partial charge in [-0.2, -0.15) is 0 Å². The van der Waals surface area contributed by atoms with Gasteiger partial charge in [0.2, 0.25) is 11.4 Å². The number of allylic oxidation sites excluding steroid dienone is 5. The molecule has 0 saturated heterocycles. The molecule has 0 spiro atoms. The quantitative estimate of drug-likeness (QED) is 0.221. The molecule has 0 unspecified atom stereocenters. The van der Waals surface area contributed by atoms with Crippen LogP contribution in [-0.2, 0) is 25.5 Å². The van der Waals surface area contributed by atoms with Crippen molar-refractivity contribution < 1.29 is 19.1 Å². The lowest BCUT2D eigenvalue weighted by Gasteiger charge is -2.30. The molecule has 0 saturated carbocycles. The fraction of sp³-hybridized carbons (Fsp3) is 0.346. The molecule has 0 radical (unpaired) electrons. The first-order valence-corrected chi connectivity index (χ1v) is 11.5. The minimum atomic E-state index is -1.95. The standard InChI is InChI=1S/C17H26N4O4.C9H9N/c1-25-16(24)17(15(20)23,9-5-6-10-18)21-14(22)13(19)11-12-7-3-2-4-8-12;1-3-7-10-8-4-2-6-9(10)5-1/h2-4,7-8,13H,5-6,9-11,18-19H2,1H3,(H2,20,23)(H,21,22);1-7H,8H2/t13-,17+;/m0./s1. The van der Waals surface area contributed by atoms with Crippen molar-refractivity contribution in [2.75, 3.05) is 20.2 Å². The minimum Gasteiger partial charge on any atom is -0.467 e. The van der Waals surface area contributed by atoms with Gasteiger partial charge in [-0.25, -0.2) is 4.79 Å². The maximum absolute atomic E-state index is 12.4. The minimum absolute atomic E-state index is 0.00396. The average molecular weight is 482 g/mol. The molecule has 2 heterocycles. The number of nitrogens with zero attached hydrogens (tertiary/aromatic N) is 1. The number of nitrogens with one attached hydrogen (secondary N) is 1. The lowest BCUT2D eigenvalue weighted by Crippen LogP contribution is -2.65. The normalized spacial score (nSPS) is 16.1. The van der Waals surface area contributed by atoms with Crippen molar-refractivity contribution in [3.63, 3.8) is 0 Å². The maximum Gasteiger partial charge on any atom is 0.341 e. The van der Waals surface area contributed by atoms with E-state index in [4.69, 9.17) is 17.2 Å². The molecule has 2 aliphatic heterocycles. The Bertz CT molecular complexity index is 987. The molecule has 1 aromatic rings. The third-order valence-electron chi connectivity index (χ3n) is 5.61. The van der Waals surface area contributed by atoms with Crippen LogP contribution < -0.4 is 22.5 Å². The zero-order valence-electron chi connectivity index (χ0n) is 20.1. The second-order valence-corrected chi connectivity index (χ2v) is 8.17. The Morgan fingerprint density at radius 2 is 1.89 bits per heavy atom. The summed E-state index contributed by atoms with van der Waals surface area (Å²) < 4.78 is 4.68. The van der Waals surface area contributed by atoms with Crippen LogP contribution >= 0.6 is 0 Å². The molecule has 188 valence electrons. The van der Waals surface area contributed by atoms with E-state index >= 15 is 0 Å². The highest BCUT2D eigenvalue weighted by Crippen LogP contribution is 2.17. The Hall–Kier alpha value is -3.69. The van der Waals surface area contributed by atoms with Crippen LogP contribution in [0.5, 0.6) is 0 Å². The third-order valence-corrected chi connectivity index (χ3v) is 5.61. The highest BCUT2D eigenvalue weighted by Gasteiger charge is 2.47. The number of carbonyl (C=O) groups excluding carboxylic acids is 3. The number of rotatable bonds is 10. The van der Waals surface area contributed by atoms with Crippen molar-refractivity contribution in [2.45, 2.75) is 37.3 Å². The predicted molar refractivity (Wildman–Crippen MR) is 135 cm³/mol. The summed E-state index contributed by atoms with van der Waals surface area (Å²) in [7, 11) is 1.12. The Labute approximate surface area is 206 Å². The van der Waals surface area contributed by atoms with E-state index in [1.807, 2.05) is 30.3 Å². The molecule has 2 atom stereocenters. The van der Waals surface area contributed by atoms with E-state index in [2.05, 4.69) is 57.6 Å². The van der Waals surface area contributed by atoms with Crippen molar-refractivity contribution >= 4 is 17.8 Å². The first kappa shape index (κ1) is 27.6. The molecule has 0 fully saturated rings. The van der Waals surface area contributed by atoms with Gasteiger partial charge in [-0.15, -0.1) is 0 Å². The summed E-state index contributed by atoms with van der Waals surface area (Å²) in [5.41, 5.74) is 17.0. The lowest BCUT2D eigenvalue weighted by atomic mass is 9.90. The molecule has 0 bridgehead atoms. The number of primary amides is 1. The monoisotopic (exact) mass is 481 g/mol. The van der Waals surface area contributed by atoms with Gasteiger partial charge in [-0.05, 0) is 56.0 Å². The number of amides is 2. The number of unbranched alkanes of at least 4 members (excludes halogenated alkanes) is 1. The first-order chi connectivity index (χ1) is 16.8. The van der Waals surface area contributed by atoms with Gasteiger partial charge in [0.1, 0.15) is 0 Å². The highest BCUT2D eigenvalue weighted by molar-refractivity contribution is 6.09. The molecule has 9 nitrogen and oxygen atoms in total. The predicted octanol–water partition coefficient (Wildman–Crippen LogP) is 1.02. The van der Waals surface area contributed by atoms with E-state index in [1.54, 1.807) is 0 Å². The summed E-state index contributed by atoms with van der Waals surface area (Å²) in [6, 6.07) is 8.22. The Morgan fingerprint density at radius 1 is 1.14 bits per heavy atom. The zero-order chi connectivity index (χ0) is 25.7. The molecule has 2 amide bonds. The number of esters is 1. The highest BCUT2D eigenvalue weighted by atomic mass is 16.5. The molecule has 9 heteroatoms. The Balaban J connectivity index is 0.000000353. The molecule has 3 rings (SSSR count). The molecule has 0 aliphatic carbocycles. The smallest absolute Gasteiger partial charge is 0.341 e. The third kappa shape index (κ3) is 7.94. The Morgan fingerprint density at radius 3 is 2.51 bits per heavy atom. The van der Waals surface area contributed by atoms with E-state index in [-0.39, 0.29) is 12.8 Å². The van der Waals surface area contributed by atoms with Gasteiger partial charge < -0.3 is 32.2 Å². The van der Waals surface area contributed by atoms with E-state index in [0.29, 0.717) is 19.4 Å². The van der Waals surface area contributed by atoms with E-state index in [1.165, 1.54) is 5.70 Å². The summed E-state index contributed by atoms with van der Waals surface area (Å²) in [4.78, 5) is 38.8. The fourth-order valence-electron chi connectivity index (χ4n) is 3.62. The van der Waals surface area contributed by atoms with Gasteiger partial charge >= 0.3 is 5.97 Å². The summed E-state index contributed by atoms with van der Waals surface area (Å²) >= 11 is 0. The number of fused-ring (bicyclic) bond motifs is 1. The number of benzene rings is 1. The number of nitrogens with two attached hydrogens (primary N) is 3. The van der Waals surface area contributed by atoms with Crippen molar-refractivity contribution in [1.82, 2.24) is 10.2 Å². The van der Waals surface area contributed by atoms with Crippen LogP contribution in [0.3, 0.4) is 0 Å². The van der Waals surface area contributed by atoms with Gasteiger partial charge in [0, 0.05) is 18.4 Å². The van der Waals surface area contributed by atoms with Gasteiger partial charge in [-0.1, -0.05) is 48.6 Å². The van der Waals surface area contributed by atoms with Crippen LogP contribution in [0, 0.1) is 0 Å². The van der Waals surface area contributed by atoms with Crippen LogP contribution in [0.4, 0.5) is 0 Å². The fourth-order valence-corrected chi connectivity index (χ4v) is 3.62. The molecule has 2 aliphatic rings. The number of hydrogen-bond acceptors (Lipinski definition) is 7. The van der Waals surface area contributed by atoms with Crippen molar-refractivity contribution in [1.29, 1.82) is 0 Å². The van der Waals surface area contributed by atoms with Crippen LogP contribution in [0.15, 0.2) is 78.7 Å². The van der Waals surface area contributed by atoms with Crippen LogP contribution in [-0.4, -0.2) is 54.5 Å². The van der Waals surface area contributed by atoms with Gasteiger partial charge in [0.05, 0.1) is 13.2 Å². The topological polar surface area (TPSA) is 154 Å². The average Bonchev–Trinajstić information content (AvgIpc) is 2.88. The summed E-state index contributed by atoms with van der Waals surface area (Å²) in [5.74, 6) is -2.56. The van der Waals surface area contributed by atoms with Gasteiger partial charge in [-0.3, -0.25) is 9.59 Å². The summed E-state index contributed by atoms with van der Waals surface area (Å²) in [6.45, 7) is 1.39. The number of methoxy groups -OCH3 is 1. The van der Waals surface area contributed by atoms with Gasteiger partial charge in [0.15, 0.2) is 0 Å². The lowest BCUT2D eigenvalue weighted by molar-refractivity contribution is -0.156. The van der Waals surface area contributed by atoms with Crippen molar-refractivity contribution in [2.24, 2.45) is 17.2 Å². The molecule has 35 heavy (non-hydrogen) atoms. The number of ether oxygens (including phenoxy) is 1. The van der Waals surface area contributed by atoms with E-state index < -0.39 is 29.4 Å².